The highest BCUT2D eigenvalue weighted by Crippen LogP contribution is 2.42. The minimum Gasteiger partial charge on any atom is -0.246 e. The van der Waals surface area contributed by atoms with Gasteiger partial charge < -0.3 is 0 Å². The van der Waals surface area contributed by atoms with E-state index in [2.05, 4.69) is 15.9 Å². The second-order valence-corrected chi connectivity index (χ2v) is 10.7. The molecule has 1 heterocycles. The van der Waals surface area contributed by atoms with E-state index >= 15 is 0 Å². The molecule has 33 heavy (non-hydrogen) atoms. The van der Waals surface area contributed by atoms with Gasteiger partial charge in [0, 0.05) is 21.0 Å². The molecule has 5 aromatic rings. The van der Waals surface area contributed by atoms with Crippen molar-refractivity contribution in [1.29, 1.82) is 0 Å². The summed E-state index contributed by atoms with van der Waals surface area (Å²) in [4.78, 5) is 5.34. The zero-order valence-electron chi connectivity index (χ0n) is 17.9. The Morgan fingerprint density at radius 3 is 2.03 bits per heavy atom. The number of pyridine rings is 1. The lowest BCUT2D eigenvalue weighted by Gasteiger charge is -2.18. The molecule has 0 saturated heterocycles. The summed E-state index contributed by atoms with van der Waals surface area (Å²) in [6, 6.07) is 31.9. The molecule has 0 unspecified atom stereocenters. The zero-order chi connectivity index (χ0) is 23.0. The third-order valence-corrected chi connectivity index (χ3v) is 7.98. The van der Waals surface area contributed by atoms with Crippen LogP contribution in [0.4, 0.5) is 0 Å². The SMILES string of the molecule is Cc1ccc(S(=O)(=O)c2c(-c3ccccc3)nc3ccccc3c2-c2ccc(Br)cc2)cc1. The van der Waals surface area contributed by atoms with Crippen molar-refractivity contribution in [3.05, 3.63) is 113 Å². The predicted octanol–water partition coefficient (Wildman–Crippen LogP) is 7.47. The van der Waals surface area contributed by atoms with Gasteiger partial charge in [0.2, 0.25) is 9.84 Å². The fourth-order valence-corrected chi connectivity index (χ4v) is 5.90. The molecule has 0 aliphatic heterocycles. The molecule has 0 atom stereocenters. The number of halogens is 1. The number of sulfone groups is 1. The van der Waals surface area contributed by atoms with Gasteiger partial charge in [-0.3, -0.25) is 0 Å². The minimum absolute atomic E-state index is 0.221. The second kappa shape index (κ2) is 8.58. The van der Waals surface area contributed by atoms with E-state index in [0.717, 1.165) is 32.1 Å². The molecule has 0 aliphatic carbocycles. The maximum absolute atomic E-state index is 14.2. The van der Waals surface area contributed by atoms with Crippen LogP contribution in [-0.4, -0.2) is 13.4 Å². The third kappa shape index (κ3) is 3.99. The molecule has 5 rings (SSSR count). The molecule has 0 spiro atoms. The number of benzene rings is 4. The van der Waals surface area contributed by atoms with Gasteiger partial charge in [-0.15, -0.1) is 0 Å². The summed E-state index contributed by atoms with van der Waals surface area (Å²) in [6.45, 7) is 1.94. The van der Waals surface area contributed by atoms with Crippen LogP contribution < -0.4 is 0 Å². The van der Waals surface area contributed by atoms with Gasteiger partial charge in [-0.05, 0) is 42.8 Å². The van der Waals surface area contributed by atoms with E-state index in [1.165, 1.54) is 0 Å². The van der Waals surface area contributed by atoms with Gasteiger partial charge in [-0.2, -0.15) is 0 Å². The summed E-state index contributed by atoms with van der Waals surface area (Å²) in [5.41, 5.74) is 4.44. The largest absolute Gasteiger partial charge is 0.246 e. The highest BCUT2D eigenvalue weighted by Gasteiger charge is 2.29. The number of hydrogen-bond donors (Lipinski definition) is 0. The van der Waals surface area contributed by atoms with Crippen molar-refractivity contribution in [2.24, 2.45) is 0 Å². The van der Waals surface area contributed by atoms with Gasteiger partial charge in [-0.25, -0.2) is 13.4 Å². The average molecular weight is 514 g/mol. The molecule has 0 N–H and O–H groups in total. The van der Waals surface area contributed by atoms with Crippen molar-refractivity contribution in [1.82, 2.24) is 4.98 Å². The molecule has 4 aromatic carbocycles. The number of rotatable bonds is 4. The molecule has 0 fully saturated rings. The molecule has 162 valence electrons. The number of aryl methyl sites for hydroxylation is 1. The Labute approximate surface area is 201 Å². The predicted molar refractivity (Wildman–Crippen MR) is 137 cm³/mol. The van der Waals surface area contributed by atoms with Crippen molar-refractivity contribution in [3.63, 3.8) is 0 Å². The lowest BCUT2D eigenvalue weighted by molar-refractivity contribution is 0.596. The molecular weight excluding hydrogens is 494 g/mol. The molecule has 1 aromatic heterocycles. The highest BCUT2D eigenvalue weighted by molar-refractivity contribution is 9.10. The molecule has 0 amide bonds. The zero-order valence-corrected chi connectivity index (χ0v) is 20.3. The molecule has 0 bridgehead atoms. The highest BCUT2D eigenvalue weighted by atomic mass is 79.9. The van der Waals surface area contributed by atoms with Gasteiger partial charge in [-0.1, -0.05) is 94.3 Å². The molecular formula is C28H20BrNO2S. The van der Waals surface area contributed by atoms with E-state index in [4.69, 9.17) is 4.98 Å². The van der Waals surface area contributed by atoms with Crippen molar-refractivity contribution in [3.8, 4) is 22.4 Å². The Morgan fingerprint density at radius 2 is 1.33 bits per heavy atom. The van der Waals surface area contributed by atoms with E-state index in [1.807, 2.05) is 97.9 Å². The fraction of sp³-hybridized carbons (Fsp3) is 0.0357. The summed E-state index contributed by atoms with van der Waals surface area (Å²) in [6.07, 6.45) is 0. The van der Waals surface area contributed by atoms with E-state index in [1.54, 1.807) is 12.1 Å². The van der Waals surface area contributed by atoms with Gasteiger partial charge in [0.05, 0.1) is 16.1 Å². The second-order valence-electron chi connectivity index (χ2n) is 7.87. The Balaban J connectivity index is 1.96. The molecule has 3 nitrogen and oxygen atoms in total. The van der Waals surface area contributed by atoms with Crippen LogP contribution in [0.1, 0.15) is 5.56 Å². The summed E-state index contributed by atoms with van der Waals surface area (Å²) >= 11 is 3.49. The lowest BCUT2D eigenvalue weighted by Crippen LogP contribution is -2.09. The number of hydrogen-bond acceptors (Lipinski definition) is 3. The Hall–Kier alpha value is -3.28. The van der Waals surface area contributed by atoms with E-state index in [0.29, 0.717) is 11.3 Å². The van der Waals surface area contributed by atoms with Crippen LogP contribution in [0.3, 0.4) is 0 Å². The number of nitrogens with zero attached hydrogens (tertiary/aromatic N) is 1. The Bertz CT molecular complexity index is 1560. The first-order valence-corrected chi connectivity index (χ1v) is 12.8. The van der Waals surface area contributed by atoms with Crippen LogP contribution in [-0.2, 0) is 9.84 Å². The Kier molecular flexibility index (Phi) is 5.60. The summed E-state index contributed by atoms with van der Waals surface area (Å²) in [5, 5.41) is 0.796. The molecule has 0 aliphatic rings. The van der Waals surface area contributed by atoms with Crippen molar-refractivity contribution in [2.75, 3.05) is 0 Å². The topological polar surface area (TPSA) is 47.0 Å². The van der Waals surface area contributed by atoms with Gasteiger partial charge in [0.15, 0.2) is 0 Å². The van der Waals surface area contributed by atoms with Crippen LogP contribution in [0, 0.1) is 6.92 Å². The molecule has 0 radical (unpaired) electrons. The maximum atomic E-state index is 14.2. The minimum atomic E-state index is -3.89. The Morgan fingerprint density at radius 1 is 0.697 bits per heavy atom. The summed E-state index contributed by atoms with van der Waals surface area (Å²) in [5.74, 6) is 0. The summed E-state index contributed by atoms with van der Waals surface area (Å²) < 4.78 is 29.3. The van der Waals surface area contributed by atoms with Crippen molar-refractivity contribution < 1.29 is 8.42 Å². The van der Waals surface area contributed by atoms with Crippen LogP contribution >= 0.6 is 15.9 Å². The first-order valence-electron chi connectivity index (χ1n) is 10.5. The van der Waals surface area contributed by atoms with Crippen LogP contribution in [0.2, 0.25) is 0 Å². The lowest BCUT2D eigenvalue weighted by atomic mass is 9.98. The van der Waals surface area contributed by atoms with Gasteiger partial charge >= 0.3 is 0 Å². The number of fused-ring (bicyclic) bond motifs is 1. The van der Waals surface area contributed by atoms with E-state index in [9.17, 15) is 8.42 Å². The normalized spacial score (nSPS) is 11.6. The standard InChI is InChI=1S/C28H20BrNO2S/c1-19-11-17-23(18-12-19)33(31,32)28-26(20-13-15-22(29)16-14-20)24-9-5-6-10-25(24)30-27(28)21-7-3-2-4-8-21/h2-18H,1H3. The first kappa shape index (κ1) is 21.6. The van der Waals surface area contributed by atoms with Crippen LogP contribution in [0.15, 0.2) is 117 Å². The average Bonchev–Trinajstić information content (AvgIpc) is 2.84. The maximum Gasteiger partial charge on any atom is 0.209 e. The summed E-state index contributed by atoms with van der Waals surface area (Å²) in [7, 11) is -3.89. The molecule has 0 saturated carbocycles. The first-order chi connectivity index (χ1) is 15.9. The smallest absolute Gasteiger partial charge is 0.209 e. The van der Waals surface area contributed by atoms with Gasteiger partial charge in [0.25, 0.3) is 0 Å². The molecule has 5 heteroatoms. The van der Waals surface area contributed by atoms with Gasteiger partial charge in [0.1, 0.15) is 4.90 Å². The van der Waals surface area contributed by atoms with Crippen LogP contribution in [0.5, 0.6) is 0 Å². The number of para-hydroxylation sites is 1. The van der Waals surface area contributed by atoms with E-state index in [-0.39, 0.29) is 9.79 Å². The third-order valence-electron chi connectivity index (χ3n) is 5.63. The quantitative estimate of drug-likeness (QED) is 0.250. The van der Waals surface area contributed by atoms with Crippen LogP contribution in [0.25, 0.3) is 33.3 Å². The fourth-order valence-electron chi connectivity index (χ4n) is 3.99. The van der Waals surface area contributed by atoms with Crippen molar-refractivity contribution in [2.45, 2.75) is 16.7 Å². The monoisotopic (exact) mass is 513 g/mol. The van der Waals surface area contributed by atoms with E-state index < -0.39 is 9.84 Å². The van der Waals surface area contributed by atoms with Crippen molar-refractivity contribution >= 4 is 36.7 Å². The number of aromatic nitrogens is 1.